The minimum atomic E-state index is -0.976. The van der Waals surface area contributed by atoms with Crippen LogP contribution in [0.1, 0.15) is 48.2 Å². The van der Waals surface area contributed by atoms with Crippen molar-refractivity contribution in [2.75, 3.05) is 26.2 Å². The Balaban J connectivity index is 2.48. The van der Waals surface area contributed by atoms with Gasteiger partial charge < -0.3 is 19.9 Å². The van der Waals surface area contributed by atoms with E-state index in [1.807, 2.05) is 20.8 Å². The van der Waals surface area contributed by atoms with E-state index in [0.29, 0.717) is 16.8 Å². The number of hydrogen-bond donors (Lipinski definition) is 1. The number of nitrogens with zero attached hydrogens (tertiary/aromatic N) is 2. The molecule has 0 aliphatic carbocycles. The fourth-order valence-electron chi connectivity index (χ4n) is 4.34. The number of allylic oxidation sites excluding steroid dienone is 1. The lowest BCUT2D eigenvalue weighted by molar-refractivity contribution is -0.139. The largest absolute Gasteiger partial charge is 0.466 e. The lowest BCUT2D eigenvalue weighted by Gasteiger charge is -2.38. The predicted molar refractivity (Wildman–Crippen MR) is 136 cm³/mol. The summed E-state index contributed by atoms with van der Waals surface area (Å²) in [5.74, 6) is -3.24. The Hall–Kier alpha value is -4.58. The van der Waals surface area contributed by atoms with Crippen LogP contribution in [-0.2, 0) is 29.2 Å². The molecule has 1 aliphatic rings. The van der Waals surface area contributed by atoms with E-state index in [1.54, 1.807) is 42.5 Å². The van der Waals surface area contributed by atoms with Crippen molar-refractivity contribution < 1.29 is 28.6 Å². The van der Waals surface area contributed by atoms with Gasteiger partial charge >= 0.3 is 17.9 Å². The summed E-state index contributed by atoms with van der Waals surface area (Å²) in [5.41, 5.74) is 7.68. The van der Waals surface area contributed by atoms with Gasteiger partial charge in [0.2, 0.25) is 0 Å². The van der Waals surface area contributed by atoms with Crippen molar-refractivity contribution >= 4 is 23.6 Å². The lowest BCUT2D eigenvalue weighted by atomic mass is 9.79. The van der Waals surface area contributed by atoms with Crippen molar-refractivity contribution in [3.05, 3.63) is 87.9 Å². The topological polar surface area (TPSA) is 132 Å². The number of hydrogen-bond acceptors (Lipinski definition) is 9. The number of carbonyl (C=O) groups is 3. The maximum absolute atomic E-state index is 13.3. The Labute approximate surface area is 215 Å². The lowest BCUT2D eigenvalue weighted by Crippen LogP contribution is -2.41. The van der Waals surface area contributed by atoms with Gasteiger partial charge in [-0.1, -0.05) is 51.1 Å². The molecule has 37 heavy (non-hydrogen) atoms. The van der Waals surface area contributed by atoms with Crippen molar-refractivity contribution in [2.45, 2.75) is 32.1 Å². The summed E-state index contributed by atoms with van der Waals surface area (Å²) in [4.78, 5) is 40.2. The molecular formula is C28H29N3O6. The van der Waals surface area contributed by atoms with Gasteiger partial charge in [-0.3, -0.25) is 4.90 Å². The highest BCUT2D eigenvalue weighted by Crippen LogP contribution is 2.45. The molecule has 1 atom stereocenters. The maximum Gasteiger partial charge on any atom is 0.355 e. The number of methoxy groups -OCH3 is 3. The van der Waals surface area contributed by atoms with Gasteiger partial charge in [-0.2, -0.15) is 5.26 Å². The van der Waals surface area contributed by atoms with Gasteiger partial charge in [-0.25, -0.2) is 14.4 Å². The maximum atomic E-state index is 13.3. The molecule has 0 fully saturated rings. The first-order chi connectivity index (χ1) is 17.5. The molecule has 1 heterocycles. The number of carbonyl (C=O) groups excluding carboxylic acids is 3. The average Bonchev–Trinajstić information content (AvgIpc) is 2.90. The summed E-state index contributed by atoms with van der Waals surface area (Å²) < 4.78 is 15.0. The first-order valence-corrected chi connectivity index (χ1v) is 11.4. The second-order valence-electron chi connectivity index (χ2n) is 9.31. The van der Waals surface area contributed by atoms with E-state index in [9.17, 15) is 19.6 Å². The molecule has 0 saturated heterocycles. The van der Waals surface area contributed by atoms with Crippen LogP contribution in [0.3, 0.4) is 0 Å². The summed E-state index contributed by atoms with van der Waals surface area (Å²) in [7, 11) is 3.66. The molecule has 192 valence electrons. The Bertz CT molecular complexity index is 1350. The van der Waals surface area contributed by atoms with E-state index in [-0.39, 0.29) is 28.2 Å². The van der Waals surface area contributed by atoms with Crippen molar-refractivity contribution in [3.63, 3.8) is 0 Å². The summed E-state index contributed by atoms with van der Waals surface area (Å²) in [6.07, 6.45) is 0. The van der Waals surface area contributed by atoms with Crippen LogP contribution in [0.5, 0.6) is 0 Å². The third-order valence-corrected chi connectivity index (χ3v) is 6.08. The van der Waals surface area contributed by atoms with E-state index in [4.69, 9.17) is 19.9 Å². The van der Waals surface area contributed by atoms with Crippen LogP contribution in [0, 0.1) is 11.3 Å². The highest BCUT2D eigenvalue weighted by atomic mass is 16.5. The minimum Gasteiger partial charge on any atom is -0.466 e. The zero-order chi connectivity index (χ0) is 27.5. The van der Waals surface area contributed by atoms with Crippen LogP contribution in [0.2, 0.25) is 0 Å². The Morgan fingerprint density at radius 1 is 0.919 bits per heavy atom. The molecule has 0 radical (unpaired) electrons. The molecule has 1 aliphatic heterocycles. The number of nitriles is 1. The Morgan fingerprint density at radius 2 is 1.51 bits per heavy atom. The van der Waals surface area contributed by atoms with Crippen molar-refractivity contribution in [2.24, 2.45) is 5.73 Å². The highest BCUT2D eigenvalue weighted by molar-refractivity contribution is 6.06. The molecular weight excluding hydrogens is 474 g/mol. The van der Waals surface area contributed by atoms with E-state index >= 15 is 0 Å². The number of benzene rings is 2. The van der Waals surface area contributed by atoms with Crippen LogP contribution < -0.4 is 10.6 Å². The normalized spacial score (nSPS) is 15.7. The summed E-state index contributed by atoms with van der Waals surface area (Å²) in [6, 6.07) is 15.6. The van der Waals surface area contributed by atoms with Gasteiger partial charge in [0.1, 0.15) is 11.5 Å². The predicted octanol–water partition coefficient (Wildman–Crippen LogP) is 3.67. The highest BCUT2D eigenvalue weighted by Gasteiger charge is 2.44. The SMILES string of the molecule is COC(=O)C1=C(C(=O)OC)N(c2ccc(C(=O)OC)cc2C(C)(C)C)C(N)=C(C#N)C1c1ccccc1. The molecule has 0 spiro atoms. The van der Waals surface area contributed by atoms with Crippen LogP contribution in [0.25, 0.3) is 0 Å². The van der Waals surface area contributed by atoms with Gasteiger partial charge in [-0.15, -0.1) is 0 Å². The molecule has 3 rings (SSSR count). The van der Waals surface area contributed by atoms with Crippen LogP contribution in [-0.4, -0.2) is 39.2 Å². The van der Waals surface area contributed by atoms with Crippen LogP contribution in [0.15, 0.2) is 71.2 Å². The molecule has 2 aromatic rings. The molecule has 0 bridgehead atoms. The Kier molecular flexibility index (Phi) is 7.73. The van der Waals surface area contributed by atoms with Crippen molar-refractivity contribution in [1.82, 2.24) is 0 Å². The van der Waals surface area contributed by atoms with Crippen LogP contribution >= 0.6 is 0 Å². The first kappa shape index (κ1) is 27.0. The smallest absolute Gasteiger partial charge is 0.355 e. The van der Waals surface area contributed by atoms with Gasteiger partial charge in [0.05, 0.1) is 55.7 Å². The quantitative estimate of drug-likeness (QED) is 0.479. The second-order valence-corrected chi connectivity index (χ2v) is 9.31. The number of rotatable bonds is 5. The Morgan fingerprint density at radius 3 is 2.03 bits per heavy atom. The van der Waals surface area contributed by atoms with E-state index in [2.05, 4.69) is 6.07 Å². The van der Waals surface area contributed by atoms with Gasteiger partial charge in [0.25, 0.3) is 0 Å². The standard InChI is InChI=1S/C28H29N3O6/c1-28(2,3)19-14-17(25(32)35-4)12-13-20(19)31-23(27(34)37-6)22(26(33)36-5)21(18(15-29)24(31)30)16-10-8-7-9-11-16/h7-14,21H,30H2,1-6H3. The second kappa shape index (κ2) is 10.6. The first-order valence-electron chi connectivity index (χ1n) is 11.4. The summed E-state index contributed by atoms with van der Waals surface area (Å²) >= 11 is 0. The monoisotopic (exact) mass is 503 g/mol. The molecule has 2 aromatic carbocycles. The molecule has 9 heteroatoms. The van der Waals surface area contributed by atoms with Gasteiger partial charge in [-0.05, 0) is 34.7 Å². The van der Waals surface area contributed by atoms with Gasteiger partial charge in [0.15, 0.2) is 0 Å². The minimum absolute atomic E-state index is 0.0520. The van der Waals surface area contributed by atoms with E-state index in [0.717, 1.165) is 0 Å². The fourth-order valence-corrected chi connectivity index (χ4v) is 4.34. The molecule has 2 N–H and O–H groups in total. The number of nitrogens with two attached hydrogens (primary N) is 1. The molecule has 0 amide bonds. The molecule has 0 aromatic heterocycles. The molecule has 9 nitrogen and oxygen atoms in total. The number of ether oxygens (including phenoxy) is 3. The van der Waals surface area contributed by atoms with Gasteiger partial charge in [0, 0.05) is 0 Å². The average molecular weight is 504 g/mol. The summed E-state index contributed by atoms with van der Waals surface area (Å²) in [6.45, 7) is 5.74. The fraction of sp³-hybridized carbons (Fsp3) is 0.286. The van der Waals surface area contributed by atoms with E-state index < -0.39 is 29.2 Å². The molecule has 1 unspecified atom stereocenters. The molecule has 0 saturated carbocycles. The van der Waals surface area contributed by atoms with Crippen molar-refractivity contribution in [3.8, 4) is 6.07 Å². The number of anilines is 1. The van der Waals surface area contributed by atoms with Crippen LogP contribution in [0.4, 0.5) is 5.69 Å². The number of esters is 3. The zero-order valence-corrected chi connectivity index (χ0v) is 21.6. The third-order valence-electron chi connectivity index (χ3n) is 6.08. The zero-order valence-electron chi connectivity index (χ0n) is 21.6. The van der Waals surface area contributed by atoms with Crippen molar-refractivity contribution in [1.29, 1.82) is 5.26 Å². The third kappa shape index (κ3) is 4.91. The summed E-state index contributed by atoms with van der Waals surface area (Å²) in [5, 5.41) is 10.2. The van der Waals surface area contributed by atoms with E-state index in [1.165, 1.54) is 32.3 Å².